The number of ether oxygens (including phenoxy) is 1. The fourth-order valence-electron chi connectivity index (χ4n) is 3.11. The maximum atomic E-state index is 12.8. The third-order valence-corrected chi connectivity index (χ3v) is 4.62. The highest BCUT2D eigenvalue weighted by Gasteiger charge is 2.20. The summed E-state index contributed by atoms with van der Waals surface area (Å²) in [7, 11) is 0. The van der Waals surface area contributed by atoms with Gasteiger partial charge in [-0.25, -0.2) is 4.79 Å². The summed E-state index contributed by atoms with van der Waals surface area (Å²) in [4.78, 5) is 37.7. The molecule has 1 N–H and O–H groups in total. The van der Waals surface area contributed by atoms with Crippen LogP contribution in [0.3, 0.4) is 0 Å². The lowest BCUT2D eigenvalue weighted by atomic mass is 9.98. The average Bonchev–Trinajstić information content (AvgIpc) is 2.77. The zero-order valence-corrected chi connectivity index (χ0v) is 16.9. The van der Waals surface area contributed by atoms with E-state index < -0.39 is 18.5 Å². The molecule has 152 valence electrons. The van der Waals surface area contributed by atoms with Gasteiger partial charge in [0, 0.05) is 16.8 Å². The van der Waals surface area contributed by atoms with Gasteiger partial charge in [-0.15, -0.1) is 0 Å². The SMILES string of the molecule is CC(C)c1ccccc1NC(=O)COC(=O)c1ccccc1C(=O)c1ccccc1. The van der Waals surface area contributed by atoms with E-state index in [9.17, 15) is 14.4 Å². The first-order valence-corrected chi connectivity index (χ1v) is 9.72. The van der Waals surface area contributed by atoms with Crippen molar-refractivity contribution in [2.24, 2.45) is 0 Å². The molecule has 30 heavy (non-hydrogen) atoms. The molecule has 0 saturated carbocycles. The number of esters is 1. The van der Waals surface area contributed by atoms with Gasteiger partial charge in [-0.1, -0.05) is 80.6 Å². The number of para-hydroxylation sites is 1. The van der Waals surface area contributed by atoms with Crippen molar-refractivity contribution in [1.82, 2.24) is 0 Å². The van der Waals surface area contributed by atoms with Crippen molar-refractivity contribution in [1.29, 1.82) is 0 Å². The van der Waals surface area contributed by atoms with Crippen LogP contribution >= 0.6 is 0 Å². The van der Waals surface area contributed by atoms with E-state index in [1.54, 1.807) is 42.5 Å². The molecular formula is C25H23NO4. The van der Waals surface area contributed by atoms with Gasteiger partial charge in [0.25, 0.3) is 5.91 Å². The molecule has 0 aliphatic heterocycles. The smallest absolute Gasteiger partial charge is 0.339 e. The maximum absolute atomic E-state index is 12.8. The number of rotatable bonds is 7. The molecule has 0 bridgehead atoms. The predicted octanol–water partition coefficient (Wildman–Crippen LogP) is 4.84. The lowest BCUT2D eigenvalue weighted by Gasteiger charge is -2.14. The van der Waals surface area contributed by atoms with Gasteiger partial charge < -0.3 is 10.1 Å². The second-order valence-electron chi connectivity index (χ2n) is 7.11. The van der Waals surface area contributed by atoms with Gasteiger partial charge in [0.05, 0.1) is 5.56 Å². The van der Waals surface area contributed by atoms with E-state index in [0.717, 1.165) is 5.56 Å². The molecule has 0 aromatic heterocycles. The monoisotopic (exact) mass is 401 g/mol. The zero-order chi connectivity index (χ0) is 21.5. The molecule has 0 saturated heterocycles. The molecule has 0 spiro atoms. The number of anilines is 1. The third-order valence-electron chi connectivity index (χ3n) is 4.62. The van der Waals surface area contributed by atoms with Crippen LogP contribution in [0.2, 0.25) is 0 Å². The Morgan fingerprint density at radius 3 is 2.10 bits per heavy atom. The number of hydrogen-bond acceptors (Lipinski definition) is 4. The topological polar surface area (TPSA) is 72.5 Å². The van der Waals surface area contributed by atoms with Gasteiger partial charge in [0.2, 0.25) is 0 Å². The second kappa shape index (κ2) is 9.65. The Labute approximate surface area is 175 Å². The van der Waals surface area contributed by atoms with Gasteiger partial charge in [-0.2, -0.15) is 0 Å². The summed E-state index contributed by atoms with van der Waals surface area (Å²) < 4.78 is 5.19. The van der Waals surface area contributed by atoms with Crippen molar-refractivity contribution in [3.63, 3.8) is 0 Å². The Balaban J connectivity index is 1.69. The molecule has 0 radical (unpaired) electrons. The summed E-state index contributed by atoms with van der Waals surface area (Å²) >= 11 is 0. The van der Waals surface area contributed by atoms with Crippen molar-refractivity contribution in [2.45, 2.75) is 19.8 Å². The molecule has 5 heteroatoms. The number of nitrogens with one attached hydrogen (secondary N) is 1. The van der Waals surface area contributed by atoms with Crippen LogP contribution in [0.4, 0.5) is 5.69 Å². The van der Waals surface area contributed by atoms with Crippen LogP contribution in [0, 0.1) is 0 Å². The fraction of sp³-hybridized carbons (Fsp3) is 0.160. The standard InChI is InChI=1S/C25H23NO4/c1-17(2)19-12-8-9-15-22(19)26-23(27)16-30-25(29)21-14-7-6-13-20(21)24(28)18-10-4-3-5-11-18/h3-15,17H,16H2,1-2H3,(H,26,27). The van der Waals surface area contributed by atoms with Gasteiger partial charge in [-0.3, -0.25) is 9.59 Å². The number of ketones is 1. The molecule has 0 unspecified atom stereocenters. The molecule has 0 aliphatic carbocycles. The first-order valence-electron chi connectivity index (χ1n) is 9.72. The van der Waals surface area contributed by atoms with Crippen LogP contribution in [0.25, 0.3) is 0 Å². The normalized spacial score (nSPS) is 10.5. The summed E-state index contributed by atoms with van der Waals surface area (Å²) in [6.45, 7) is 3.62. The maximum Gasteiger partial charge on any atom is 0.339 e. The molecule has 5 nitrogen and oxygen atoms in total. The van der Waals surface area contributed by atoms with E-state index in [2.05, 4.69) is 5.32 Å². The van der Waals surface area contributed by atoms with E-state index in [-0.39, 0.29) is 22.8 Å². The number of benzene rings is 3. The number of carbonyl (C=O) groups excluding carboxylic acids is 3. The van der Waals surface area contributed by atoms with Crippen molar-refractivity contribution in [2.75, 3.05) is 11.9 Å². The lowest BCUT2D eigenvalue weighted by Crippen LogP contribution is -2.22. The highest BCUT2D eigenvalue weighted by Crippen LogP contribution is 2.23. The quantitative estimate of drug-likeness (QED) is 0.454. The molecule has 0 heterocycles. The van der Waals surface area contributed by atoms with Gasteiger partial charge in [0.1, 0.15) is 0 Å². The van der Waals surface area contributed by atoms with Crippen molar-refractivity contribution < 1.29 is 19.1 Å². The van der Waals surface area contributed by atoms with Crippen molar-refractivity contribution in [3.8, 4) is 0 Å². The zero-order valence-electron chi connectivity index (χ0n) is 16.9. The molecule has 3 aromatic carbocycles. The first-order chi connectivity index (χ1) is 14.5. The minimum Gasteiger partial charge on any atom is -0.452 e. The largest absolute Gasteiger partial charge is 0.452 e. The van der Waals surface area contributed by atoms with E-state index in [1.165, 1.54) is 6.07 Å². The van der Waals surface area contributed by atoms with Crippen LogP contribution in [-0.4, -0.2) is 24.3 Å². The van der Waals surface area contributed by atoms with E-state index in [0.29, 0.717) is 11.3 Å². The molecule has 0 fully saturated rings. The van der Waals surface area contributed by atoms with Crippen LogP contribution in [0.1, 0.15) is 51.6 Å². The minimum atomic E-state index is -0.720. The minimum absolute atomic E-state index is 0.127. The summed E-state index contributed by atoms with van der Waals surface area (Å²) in [5.41, 5.74) is 2.52. The molecule has 3 rings (SSSR count). The highest BCUT2D eigenvalue weighted by molar-refractivity contribution is 6.14. The summed E-state index contributed by atoms with van der Waals surface area (Å²) in [6, 6.07) is 22.6. The molecule has 1 amide bonds. The van der Waals surface area contributed by atoms with Gasteiger partial charge in [0.15, 0.2) is 12.4 Å². The Kier molecular flexibility index (Phi) is 6.75. The molecular weight excluding hydrogens is 378 g/mol. The fourth-order valence-corrected chi connectivity index (χ4v) is 3.11. The van der Waals surface area contributed by atoms with Gasteiger partial charge >= 0.3 is 5.97 Å². The Morgan fingerprint density at radius 2 is 1.40 bits per heavy atom. The molecule has 0 aliphatic rings. The first kappa shape index (κ1) is 21.0. The Bertz CT molecular complexity index is 1060. The highest BCUT2D eigenvalue weighted by atomic mass is 16.5. The van der Waals surface area contributed by atoms with Crippen LogP contribution in [0.5, 0.6) is 0 Å². The van der Waals surface area contributed by atoms with E-state index in [4.69, 9.17) is 4.74 Å². The predicted molar refractivity (Wildman–Crippen MR) is 116 cm³/mol. The van der Waals surface area contributed by atoms with E-state index in [1.807, 2.05) is 44.2 Å². The van der Waals surface area contributed by atoms with E-state index >= 15 is 0 Å². The van der Waals surface area contributed by atoms with Crippen molar-refractivity contribution >= 4 is 23.3 Å². The second-order valence-corrected chi connectivity index (χ2v) is 7.11. The van der Waals surface area contributed by atoms with Crippen LogP contribution in [0.15, 0.2) is 78.9 Å². The van der Waals surface area contributed by atoms with Gasteiger partial charge in [-0.05, 0) is 23.6 Å². The Hall–Kier alpha value is -3.73. The summed E-state index contributed by atoms with van der Waals surface area (Å²) in [5, 5.41) is 2.78. The summed E-state index contributed by atoms with van der Waals surface area (Å²) in [5.74, 6) is -1.20. The molecule has 3 aromatic rings. The summed E-state index contributed by atoms with van der Waals surface area (Å²) in [6.07, 6.45) is 0. The van der Waals surface area contributed by atoms with Crippen LogP contribution in [-0.2, 0) is 9.53 Å². The molecule has 0 atom stereocenters. The average molecular weight is 401 g/mol. The number of hydrogen-bond donors (Lipinski definition) is 1. The van der Waals surface area contributed by atoms with Crippen molar-refractivity contribution in [3.05, 3.63) is 101 Å². The Morgan fingerprint density at radius 1 is 0.800 bits per heavy atom. The number of carbonyl (C=O) groups is 3. The lowest BCUT2D eigenvalue weighted by molar-refractivity contribution is -0.119. The number of amides is 1. The third kappa shape index (κ3) is 5.00. The van der Waals surface area contributed by atoms with Crippen LogP contribution < -0.4 is 5.32 Å².